The predicted molar refractivity (Wildman–Crippen MR) is 86.1 cm³/mol. The van der Waals surface area contributed by atoms with Crippen molar-refractivity contribution in [3.05, 3.63) is 12.2 Å². The molecule has 0 saturated carbocycles. The highest BCUT2D eigenvalue weighted by molar-refractivity contribution is 4.91. The Morgan fingerprint density at radius 1 is 1.33 bits per heavy atom. The van der Waals surface area contributed by atoms with Gasteiger partial charge in [0.2, 0.25) is 0 Å². The van der Waals surface area contributed by atoms with Crippen LogP contribution in [0.15, 0.2) is 6.33 Å². The van der Waals surface area contributed by atoms with E-state index >= 15 is 0 Å². The van der Waals surface area contributed by atoms with Crippen molar-refractivity contribution in [2.24, 2.45) is 0 Å². The fourth-order valence-corrected chi connectivity index (χ4v) is 3.28. The van der Waals surface area contributed by atoms with E-state index in [4.69, 9.17) is 0 Å². The summed E-state index contributed by atoms with van der Waals surface area (Å²) >= 11 is 0. The summed E-state index contributed by atoms with van der Waals surface area (Å²) in [5, 5.41) is 8.02. The molecule has 0 aliphatic carbocycles. The van der Waals surface area contributed by atoms with Gasteiger partial charge in [-0.25, -0.2) is 9.67 Å². The molecule has 1 aromatic rings. The topological polar surface area (TPSA) is 46.0 Å². The summed E-state index contributed by atoms with van der Waals surface area (Å²) in [7, 11) is 0. The first kappa shape index (κ1) is 16.4. The maximum absolute atomic E-state index is 4.47. The highest BCUT2D eigenvalue weighted by Crippen LogP contribution is 2.21. The molecule has 2 heterocycles. The summed E-state index contributed by atoms with van der Waals surface area (Å²) in [4.78, 5) is 7.08. The van der Waals surface area contributed by atoms with E-state index in [0.717, 1.165) is 31.9 Å². The standard InChI is InChI=1S/C16H31N5/c1-4-9-17-14(3)15-8-6-7-11-20(15)12-16-18-13-19-21(16)10-5-2/h13-15,17H,4-12H2,1-3H3. The van der Waals surface area contributed by atoms with Crippen LogP contribution in [-0.4, -0.2) is 44.8 Å². The molecular weight excluding hydrogens is 262 g/mol. The third-order valence-electron chi connectivity index (χ3n) is 4.43. The summed E-state index contributed by atoms with van der Waals surface area (Å²) in [6, 6.07) is 1.17. The minimum absolute atomic E-state index is 0.549. The minimum atomic E-state index is 0.549. The second-order valence-electron chi connectivity index (χ2n) is 6.18. The molecular formula is C16H31N5. The number of nitrogens with one attached hydrogen (secondary N) is 1. The largest absolute Gasteiger partial charge is 0.313 e. The van der Waals surface area contributed by atoms with Crippen LogP contribution in [0.2, 0.25) is 0 Å². The van der Waals surface area contributed by atoms with E-state index in [2.05, 4.69) is 45.8 Å². The van der Waals surface area contributed by atoms with Crippen LogP contribution in [0.5, 0.6) is 0 Å². The lowest BCUT2D eigenvalue weighted by Crippen LogP contribution is -2.51. The number of piperidine rings is 1. The summed E-state index contributed by atoms with van der Waals surface area (Å²) in [6.45, 7) is 10.9. The van der Waals surface area contributed by atoms with E-state index in [9.17, 15) is 0 Å². The fraction of sp³-hybridized carbons (Fsp3) is 0.875. The van der Waals surface area contributed by atoms with Crippen molar-refractivity contribution in [2.75, 3.05) is 13.1 Å². The molecule has 0 radical (unpaired) electrons. The molecule has 0 bridgehead atoms. The Hall–Kier alpha value is -0.940. The molecule has 0 amide bonds. The first-order valence-corrected chi connectivity index (χ1v) is 8.60. The second-order valence-corrected chi connectivity index (χ2v) is 6.18. The molecule has 5 nitrogen and oxygen atoms in total. The zero-order chi connectivity index (χ0) is 15.1. The van der Waals surface area contributed by atoms with Gasteiger partial charge in [0.15, 0.2) is 0 Å². The Kier molecular flexibility index (Phi) is 6.64. The average molecular weight is 293 g/mol. The molecule has 0 aromatic carbocycles. The molecule has 2 unspecified atom stereocenters. The molecule has 1 aliphatic rings. The number of hydrogen-bond donors (Lipinski definition) is 1. The van der Waals surface area contributed by atoms with Crippen LogP contribution in [-0.2, 0) is 13.1 Å². The molecule has 2 rings (SSSR count). The van der Waals surface area contributed by atoms with E-state index in [-0.39, 0.29) is 0 Å². The predicted octanol–water partition coefficient (Wildman–Crippen LogP) is 2.43. The van der Waals surface area contributed by atoms with Crippen molar-refractivity contribution < 1.29 is 0 Å². The summed E-state index contributed by atoms with van der Waals surface area (Å²) in [5.74, 6) is 1.12. The number of nitrogens with zero attached hydrogens (tertiary/aromatic N) is 4. The van der Waals surface area contributed by atoms with Gasteiger partial charge < -0.3 is 5.32 Å². The maximum Gasteiger partial charge on any atom is 0.141 e. The Bertz CT molecular complexity index is 403. The van der Waals surface area contributed by atoms with Gasteiger partial charge in [0.05, 0.1) is 6.54 Å². The summed E-state index contributed by atoms with van der Waals surface area (Å²) < 4.78 is 2.07. The minimum Gasteiger partial charge on any atom is -0.313 e. The number of hydrogen-bond acceptors (Lipinski definition) is 4. The fourth-order valence-electron chi connectivity index (χ4n) is 3.28. The zero-order valence-corrected chi connectivity index (χ0v) is 13.9. The second kappa shape index (κ2) is 8.49. The van der Waals surface area contributed by atoms with Gasteiger partial charge in [0, 0.05) is 18.6 Å². The Labute approximate surface area is 129 Å². The quantitative estimate of drug-likeness (QED) is 0.799. The summed E-state index contributed by atoms with van der Waals surface area (Å²) in [5.41, 5.74) is 0. The average Bonchev–Trinajstić information content (AvgIpc) is 2.93. The number of rotatable bonds is 8. The lowest BCUT2D eigenvalue weighted by molar-refractivity contribution is 0.107. The van der Waals surface area contributed by atoms with Crippen LogP contribution in [0.1, 0.15) is 58.7 Å². The van der Waals surface area contributed by atoms with E-state index < -0.39 is 0 Å². The Morgan fingerprint density at radius 2 is 2.19 bits per heavy atom. The van der Waals surface area contributed by atoms with E-state index in [1.807, 2.05) is 0 Å². The third-order valence-corrected chi connectivity index (χ3v) is 4.43. The van der Waals surface area contributed by atoms with Crippen LogP contribution in [0.3, 0.4) is 0 Å². The first-order valence-electron chi connectivity index (χ1n) is 8.60. The number of aryl methyl sites for hydroxylation is 1. The van der Waals surface area contributed by atoms with Crippen molar-refractivity contribution in [3.8, 4) is 0 Å². The smallest absolute Gasteiger partial charge is 0.141 e. The third kappa shape index (κ3) is 4.51. The van der Waals surface area contributed by atoms with Crippen LogP contribution in [0.4, 0.5) is 0 Å². The van der Waals surface area contributed by atoms with Crippen molar-refractivity contribution in [1.29, 1.82) is 0 Å². The van der Waals surface area contributed by atoms with Crippen molar-refractivity contribution in [1.82, 2.24) is 25.0 Å². The Balaban J connectivity index is 1.99. The van der Waals surface area contributed by atoms with Gasteiger partial charge in [0.25, 0.3) is 0 Å². The molecule has 1 aliphatic heterocycles. The normalized spacial score (nSPS) is 21.6. The first-order chi connectivity index (χ1) is 10.3. The SMILES string of the molecule is CCCNC(C)C1CCCCN1Cc1ncnn1CCC. The van der Waals surface area contributed by atoms with Crippen LogP contribution >= 0.6 is 0 Å². The molecule has 5 heteroatoms. The van der Waals surface area contributed by atoms with Gasteiger partial charge in [-0.1, -0.05) is 20.3 Å². The van der Waals surface area contributed by atoms with Crippen LogP contribution < -0.4 is 5.32 Å². The van der Waals surface area contributed by atoms with Crippen LogP contribution in [0, 0.1) is 0 Å². The van der Waals surface area contributed by atoms with E-state index in [1.54, 1.807) is 6.33 Å². The van der Waals surface area contributed by atoms with Gasteiger partial charge in [-0.2, -0.15) is 5.10 Å². The number of aromatic nitrogens is 3. The molecule has 1 N–H and O–H groups in total. The van der Waals surface area contributed by atoms with E-state index in [0.29, 0.717) is 12.1 Å². The molecule has 21 heavy (non-hydrogen) atoms. The van der Waals surface area contributed by atoms with Gasteiger partial charge in [-0.15, -0.1) is 0 Å². The zero-order valence-electron chi connectivity index (χ0n) is 13.9. The van der Waals surface area contributed by atoms with Crippen molar-refractivity contribution in [3.63, 3.8) is 0 Å². The highest BCUT2D eigenvalue weighted by Gasteiger charge is 2.27. The molecule has 120 valence electrons. The van der Waals surface area contributed by atoms with Gasteiger partial charge in [-0.05, 0) is 45.7 Å². The molecule has 1 aromatic heterocycles. The Morgan fingerprint density at radius 3 is 2.95 bits per heavy atom. The summed E-state index contributed by atoms with van der Waals surface area (Å²) in [6.07, 6.45) is 7.94. The highest BCUT2D eigenvalue weighted by atomic mass is 15.4. The van der Waals surface area contributed by atoms with Gasteiger partial charge in [-0.3, -0.25) is 4.90 Å². The lowest BCUT2D eigenvalue weighted by Gasteiger charge is -2.39. The molecule has 2 atom stereocenters. The van der Waals surface area contributed by atoms with Gasteiger partial charge >= 0.3 is 0 Å². The van der Waals surface area contributed by atoms with E-state index in [1.165, 1.54) is 32.2 Å². The lowest BCUT2D eigenvalue weighted by atomic mass is 9.96. The van der Waals surface area contributed by atoms with Gasteiger partial charge in [0.1, 0.15) is 12.2 Å². The number of likely N-dealkylation sites (tertiary alicyclic amines) is 1. The van der Waals surface area contributed by atoms with Crippen molar-refractivity contribution >= 4 is 0 Å². The van der Waals surface area contributed by atoms with Crippen LogP contribution in [0.25, 0.3) is 0 Å². The monoisotopic (exact) mass is 293 g/mol. The van der Waals surface area contributed by atoms with Crippen molar-refractivity contribution in [2.45, 2.75) is 78.0 Å². The molecule has 1 fully saturated rings. The maximum atomic E-state index is 4.47. The molecule has 1 saturated heterocycles. The molecule has 0 spiro atoms.